The average Bonchev–Trinajstić information content (AvgIpc) is 3.14. The van der Waals surface area contributed by atoms with E-state index < -0.39 is 5.91 Å². The summed E-state index contributed by atoms with van der Waals surface area (Å²) in [6, 6.07) is 8.70. The van der Waals surface area contributed by atoms with Crippen molar-refractivity contribution in [3.63, 3.8) is 0 Å². The Hall–Kier alpha value is -2.87. The van der Waals surface area contributed by atoms with Crippen molar-refractivity contribution in [2.24, 2.45) is 5.10 Å². The Balaban J connectivity index is 1.83. The summed E-state index contributed by atoms with van der Waals surface area (Å²) >= 11 is 1.31. The Morgan fingerprint density at radius 2 is 2.00 bits per heavy atom. The van der Waals surface area contributed by atoms with Crippen LogP contribution in [0.25, 0.3) is 0 Å². The van der Waals surface area contributed by atoms with Gasteiger partial charge in [0.25, 0.3) is 11.8 Å². The molecule has 0 radical (unpaired) electrons. The fourth-order valence-corrected chi connectivity index (χ4v) is 2.45. The van der Waals surface area contributed by atoms with Crippen LogP contribution in [0.4, 0.5) is 0 Å². The molecule has 0 aliphatic rings. The van der Waals surface area contributed by atoms with Gasteiger partial charge in [-0.15, -0.1) is 11.3 Å². The molecule has 1 aromatic heterocycles. The van der Waals surface area contributed by atoms with Crippen molar-refractivity contribution >= 4 is 29.4 Å². The molecule has 1 heterocycles. The third kappa shape index (κ3) is 4.82. The Bertz CT molecular complexity index is 729. The van der Waals surface area contributed by atoms with Crippen molar-refractivity contribution in [2.75, 3.05) is 20.8 Å². The number of nitrogens with zero attached hydrogens (tertiary/aromatic N) is 1. The fraction of sp³-hybridized carbons (Fsp3) is 0.188. The second kappa shape index (κ2) is 8.68. The average molecular weight is 347 g/mol. The first-order valence-electron chi connectivity index (χ1n) is 6.99. The molecule has 0 aliphatic heterocycles. The van der Waals surface area contributed by atoms with Crippen molar-refractivity contribution in [2.45, 2.75) is 0 Å². The quantitative estimate of drug-likeness (QED) is 0.589. The number of hydrazone groups is 1. The summed E-state index contributed by atoms with van der Waals surface area (Å²) in [4.78, 5) is 23.9. The van der Waals surface area contributed by atoms with Crippen molar-refractivity contribution in [1.82, 2.24) is 10.7 Å². The lowest BCUT2D eigenvalue weighted by Crippen LogP contribution is -2.34. The second-order valence-electron chi connectivity index (χ2n) is 4.57. The van der Waals surface area contributed by atoms with Crippen LogP contribution in [0.5, 0.6) is 11.5 Å². The van der Waals surface area contributed by atoms with Gasteiger partial charge in [0.2, 0.25) is 0 Å². The smallest absolute Gasteiger partial charge is 0.261 e. The Morgan fingerprint density at radius 1 is 1.21 bits per heavy atom. The predicted molar refractivity (Wildman–Crippen MR) is 91.9 cm³/mol. The van der Waals surface area contributed by atoms with E-state index in [0.29, 0.717) is 16.4 Å². The first-order chi connectivity index (χ1) is 11.6. The highest BCUT2D eigenvalue weighted by atomic mass is 32.1. The first kappa shape index (κ1) is 17.5. The van der Waals surface area contributed by atoms with Crippen molar-refractivity contribution in [1.29, 1.82) is 0 Å². The van der Waals surface area contributed by atoms with Crippen LogP contribution in [-0.4, -0.2) is 38.8 Å². The number of carbonyl (C=O) groups is 2. The number of hydrogen-bond acceptors (Lipinski definition) is 6. The largest absolute Gasteiger partial charge is 0.493 e. The van der Waals surface area contributed by atoms with Gasteiger partial charge in [-0.25, -0.2) is 5.43 Å². The van der Waals surface area contributed by atoms with Crippen LogP contribution < -0.4 is 20.2 Å². The van der Waals surface area contributed by atoms with Gasteiger partial charge in [-0.3, -0.25) is 9.59 Å². The molecule has 2 rings (SSSR count). The SMILES string of the molecule is COc1ccc(C=NNC(=O)CNC(=O)c2cccs2)cc1OC. The lowest BCUT2D eigenvalue weighted by atomic mass is 10.2. The number of methoxy groups -OCH3 is 2. The number of amides is 2. The molecule has 24 heavy (non-hydrogen) atoms. The zero-order valence-electron chi connectivity index (χ0n) is 13.2. The number of benzene rings is 1. The zero-order valence-corrected chi connectivity index (χ0v) is 14.1. The normalized spacial score (nSPS) is 10.4. The van der Waals surface area contributed by atoms with Crippen molar-refractivity contribution in [3.8, 4) is 11.5 Å². The molecule has 2 amide bonds. The van der Waals surface area contributed by atoms with Crippen molar-refractivity contribution < 1.29 is 19.1 Å². The molecular formula is C16H17N3O4S. The van der Waals surface area contributed by atoms with Gasteiger partial charge >= 0.3 is 0 Å². The highest BCUT2D eigenvalue weighted by molar-refractivity contribution is 7.12. The summed E-state index contributed by atoms with van der Waals surface area (Å²) in [5.74, 6) is 0.464. The molecule has 8 heteroatoms. The zero-order chi connectivity index (χ0) is 17.4. The minimum atomic E-state index is -0.420. The van der Waals surface area contributed by atoms with Gasteiger partial charge < -0.3 is 14.8 Å². The summed E-state index contributed by atoms with van der Waals surface area (Å²) in [5.41, 5.74) is 3.08. The van der Waals surface area contributed by atoms with Gasteiger partial charge in [-0.05, 0) is 35.2 Å². The van der Waals surface area contributed by atoms with Gasteiger partial charge in [0.15, 0.2) is 11.5 Å². The molecule has 126 valence electrons. The topological polar surface area (TPSA) is 89.0 Å². The summed E-state index contributed by atoms with van der Waals surface area (Å²) < 4.78 is 10.3. The van der Waals surface area contributed by atoms with Crippen LogP contribution in [0.1, 0.15) is 15.2 Å². The molecule has 0 bridgehead atoms. The summed E-state index contributed by atoms with van der Waals surface area (Å²) in [6.45, 7) is -0.153. The fourth-order valence-electron chi connectivity index (χ4n) is 1.81. The van der Waals surface area contributed by atoms with Gasteiger partial charge in [-0.1, -0.05) is 6.07 Å². The van der Waals surface area contributed by atoms with Crippen LogP contribution in [0, 0.1) is 0 Å². The van der Waals surface area contributed by atoms with Crippen LogP contribution in [0.2, 0.25) is 0 Å². The number of ether oxygens (including phenoxy) is 2. The van der Waals surface area contributed by atoms with Gasteiger partial charge in [0, 0.05) is 0 Å². The van der Waals surface area contributed by atoms with Crippen molar-refractivity contribution in [3.05, 3.63) is 46.2 Å². The summed E-state index contributed by atoms with van der Waals surface area (Å²) in [7, 11) is 3.09. The molecule has 0 atom stereocenters. The van der Waals surface area contributed by atoms with Crippen LogP contribution in [0.3, 0.4) is 0 Å². The highest BCUT2D eigenvalue weighted by Crippen LogP contribution is 2.26. The third-order valence-electron chi connectivity index (χ3n) is 2.96. The number of hydrogen-bond donors (Lipinski definition) is 2. The maximum absolute atomic E-state index is 11.7. The van der Waals surface area contributed by atoms with E-state index in [1.165, 1.54) is 24.7 Å². The minimum Gasteiger partial charge on any atom is -0.493 e. The molecule has 0 saturated heterocycles. The van der Waals surface area contributed by atoms with E-state index in [0.717, 1.165) is 5.56 Å². The molecule has 2 aromatic rings. The van der Waals surface area contributed by atoms with E-state index in [4.69, 9.17) is 9.47 Å². The molecule has 1 aromatic carbocycles. The third-order valence-corrected chi connectivity index (χ3v) is 3.83. The molecule has 0 fully saturated rings. The summed E-state index contributed by atoms with van der Waals surface area (Å²) in [6.07, 6.45) is 1.47. The molecule has 0 aliphatic carbocycles. The highest BCUT2D eigenvalue weighted by Gasteiger charge is 2.08. The van der Waals surface area contributed by atoms with Gasteiger partial charge in [0.05, 0.1) is 31.9 Å². The van der Waals surface area contributed by atoms with E-state index in [1.54, 1.807) is 42.8 Å². The van der Waals surface area contributed by atoms with Gasteiger partial charge in [0.1, 0.15) is 0 Å². The lowest BCUT2D eigenvalue weighted by molar-refractivity contribution is -0.120. The van der Waals surface area contributed by atoms with Crippen LogP contribution >= 0.6 is 11.3 Å². The van der Waals surface area contributed by atoms with Crippen LogP contribution in [0.15, 0.2) is 40.8 Å². The lowest BCUT2D eigenvalue weighted by Gasteiger charge is -2.07. The van der Waals surface area contributed by atoms with Gasteiger partial charge in [-0.2, -0.15) is 5.10 Å². The van der Waals surface area contributed by atoms with E-state index >= 15 is 0 Å². The van der Waals surface area contributed by atoms with E-state index in [9.17, 15) is 9.59 Å². The molecule has 2 N–H and O–H groups in total. The maximum atomic E-state index is 11.7. The minimum absolute atomic E-state index is 0.153. The number of carbonyl (C=O) groups excluding carboxylic acids is 2. The number of thiophene rings is 1. The number of rotatable bonds is 7. The molecule has 0 spiro atoms. The second-order valence-corrected chi connectivity index (χ2v) is 5.52. The van der Waals surface area contributed by atoms with E-state index in [-0.39, 0.29) is 12.5 Å². The van der Waals surface area contributed by atoms with E-state index in [2.05, 4.69) is 15.8 Å². The predicted octanol–water partition coefficient (Wildman–Crippen LogP) is 1.65. The Morgan fingerprint density at radius 3 is 2.67 bits per heavy atom. The Labute approximate surface area is 143 Å². The molecule has 0 unspecified atom stereocenters. The molecular weight excluding hydrogens is 330 g/mol. The summed E-state index contributed by atoms with van der Waals surface area (Å²) in [5, 5.41) is 8.15. The van der Waals surface area contributed by atoms with E-state index in [1.807, 2.05) is 0 Å². The maximum Gasteiger partial charge on any atom is 0.261 e. The Kier molecular flexibility index (Phi) is 6.32. The number of nitrogens with one attached hydrogen (secondary N) is 2. The standard InChI is InChI=1S/C16H17N3O4S/c1-22-12-6-5-11(8-13(12)23-2)9-18-19-15(20)10-17-16(21)14-4-3-7-24-14/h3-9H,10H2,1-2H3,(H,17,21)(H,19,20). The molecule has 7 nitrogen and oxygen atoms in total. The first-order valence-corrected chi connectivity index (χ1v) is 7.87. The monoisotopic (exact) mass is 347 g/mol. The molecule has 0 saturated carbocycles. The van der Waals surface area contributed by atoms with Crippen LogP contribution in [-0.2, 0) is 4.79 Å².